The van der Waals surface area contributed by atoms with Crippen LogP contribution in [0.2, 0.25) is 0 Å². The van der Waals surface area contributed by atoms with E-state index < -0.39 is 0 Å². The molecule has 8 bridgehead atoms. The van der Waals surface area contributed by atoms with Crippen LogP contribution in [0.3, 0.4) is 0 Å². The number of hydrogen-bond donors (Lipinski definition) is 4. The summed E-state index contributed by atoms with van der Waals surface area (Å²) < 4.78 is 0. The van der Waals surface area contributed by atoms with Crippen LogP contribution in [0.25, 0.3) is 0 Å². The van der Waals surface area contributed by atoms with Gasteiger partial charge in [0, 0.05) is 33.1 Å². The highest BCUT2D eigenvalue weighted by atomic mass is 16.3. The molecule has 8 aliphatic rings. The van der Waals surface area contributed by atoms with Crippen LogP contribution in [-0.4, -0.2) is 10.2 Å². The Labute approximate surface area is 263 Å². The Hall–Kier alpha value is -3.24. The molecule has 0 heterocycles. The molecule has 4 atom stereocenters. The van der Waals surface area contributed by atoms with Gasteiger partial charge in [-0.15, -0.1) is 0 Å². The van der Waals surface area contributed by atoms with Crippen LogP contribution < -0.4 is 11.5 Å². The summed E-state index contributed by atoms with van der Waals surface area (Å²) in [6, 6.07) is 7.74. The first-order valence-corrected chi connectivity index (χ1v) is 16.9. The van der Waals surface area contributed by atoms with Crippen LogP contribution in [0.1, 0.15) is 127 Å². The van der Waals surface area contributed by atoms with Crippen LogP contribution in [0, 0.1) is 57.2 Å². The standard InChI is InChI=1S/C40H48N2O2/c1-35-13-27-14-36(2,19-35)22-39(17-27,21-35)29-9-25(11-31(41)33(29)43)7-5-6-8-26-10-30(34(44)32(42)12-26)40-18-28-15-37(3,23-40)20-38(4,16-28)24-40/h9-12,27-28,43-44H,13-24,41-42H2,1-4H3. The van der Waals surface area contributed by atoms with Crippen molar-refractivity contribution in [1.82, 2.24) is 0 Å². The Balaban J connectivity index is 1.11. The zero-order chi connectivity index (χ0) is 30.9. The average molecular weight is 589 g/mol. The summed E-state index contributed by atoms with van der Waals surface area (Å²) in [6.45, 7) is 9.82. The van der Waals surface area contributed by atoms with Gasteiger partial charge in [-0.3, -0.25) is 0 Å². The maximum absolute atomic E-state index is 11.2. The summed E-state index contributed by atoms with van der Waals surface area (Å²) in [4.78, 5) is 0. The third kappa shape index (κ3) is 4.27. The normalized spacial score (nSPS) is 42.5. The van der Waals surface area contributed by atoms with Crippen molar-refractivity contribution in [2.24, 2.45) is 33.5 Å². The van der Waals surface area contributed by atoms with E-state index in [9.17, 15) is 10.2 Å². The van der Waals surface area contributed by atoms with E-state index >= 15 is 0 Å². The molecule has 230 valence electrons. The maximum atomic E-state index is 11.2. The molecule has 0 amide bonds. The number of hydrogen-bond acceptors (Lipinski definition) is 4. The fourth-order valence-electron chi connectivity index (χ4n) is 14.0. The van der Waals surface area contributed by atoms with E-state index in [1.54, 1.807) is 12.1 Å². The molecule has 0 radical (unpaired) electrons. The zero-order valence-electron chi connectivity index (χ0n) is 27.0. The lowest BCUT2D eigenvalue weighted by atomic mass is 9.39. The summed E-state index contributed by atoms with van der Waals surface area (Å²) in [6.07, 6.45) is 14.5. The molecule has 6 N–H and O–H groups in total. The Morgan fingerprint density at radius 3 is 1.20 bits per heavy atom. The number of rotatable bonds is 2. The van der Waals surface area contributed by atoms with E-state index in [1.165, 1.54) is 38.5 Å². The van der Waals surface area contributed by atoms with Gasteiger partial charge < -0.3 is 21.7 Å². The largest absolute Gasteiger partial charge is 0.505 e. The zero-order valence-corrected chi connectivity index (χ0v) is 27.0. The van der Waals surface area contributed by atoms with Gasteiger partial charge in [-0.05, 0) is 147 Å². The molecule has 4 nitrogen and oxygen atoms in total. The van der Waals surface area contributed by atoms with Gasteiger partial charge >= 0.3 is 0 Å². The van der Waals surface area contributed by atoms with Gasteiger partial charge in [-0.1, -0.05) is 39.5 Å². The van der Waals surface area contributed by atoms with E-state index in [1.807, 2.05) is 0 Å². The van der Waals surface area contributed by atoms with Gasteiger partial charge in [0.1, 0.15) is 11.5 Å². The van der Waals surface area contributed by atoms with E-state index in [0.29, 0.717) is 44.9 Å². The van der Waals surface area contributed by atoms with E-state index in [0.717, 1.165) is 60.8 Å². The van der Waals surface area contributed by atoms with E-state index in [4.69, 9.17) is 11.5 Å². The minimum Gasteiger partial charge on any atom is -0.505 e. The van der Waals surface area contributed by atoms with Crippen LogP contribution in [0.15, 0.2) is 24.3 Å². The highest BCUT2D eigenvalue weighted by Crippen LogP contribution is 2.72. The van der Waals surface area contributed by atoms with Gasteiger partial charge in [0.2, 0.25) is 0 Å². The lowest BCUT2D eigenvalue weighted by Crippen LogP contribution is -2.56. The van der Waals surface area contributed by atoms with Crippen molar-refractivity contribution in [2.45, 2.75) is 116 Å². The molecule has 0 aliphatic heterocycles. The van der Waals surface area contributed by atoms with Crippen LogP contribution in [-0.2, 0) is 10.8 Å². The molecule has 8 saturated carbocycles. The van der Waals surface area contributed by atoms with Crippen molar-refractivity contribution >= 4 is 11.4 Å². The number of nitrogen functional groups attached to an aromatic ring is 2. The smallest absolute Gasteiger partial charge is 0.142 e. The summed E-state index contributed by atoms with van der Waals surface area (Å²) in [7, 11) is 0. The Kier molecular flexibility index (Phi) is 5.60. The van der Waals surface area contributed by atoms with Crippen LogP contribution in [0.5, 0.6) is 11.5 Å². The maximum Gasteiger partial charge on any atom is 0.142 e. The third-order valence-electron chi connectivity index (χ3n) is 13.2. The van der Waals surface area contributed by atoms with Gasteiger partial charge in [0.05, 0.1) is 11.4 Å². The van der Waals surface area contributed by atoms with Crippen LogP contribution >= 0.6 is 0 Å². The van der Waals surface area contributed by atoms with E-state index in [2.05, 4.69) is 63.5 Å². The molecule has 8 fully saturated rings. The predicted octanol–water partition coefficient (Wildman–Crippen LogP) is 8.16. The SMILES string of the molecule is CC12CC3CC(C)(C1)CC(c1cc(C#CC#Cc4cc(N)c(O)c(C56CC7CC(C)(CC(C)(C7)C5)C6)c4)cc(N)c1O)(C3)C2. The number of aromatic hydroxyl groups is 2. The lowest BCUT2D eigenvalue weighted by molar-refractivity contribution is -0.110. The highest BCUT2D eigenvalue weighted by molar-refractivity contribution is 5.65. The first kappa shape index (κ1) is 28.2. The fourth-order valence-corrected chi connectivity index (χ4v) is 14.0. The Morgan fingerprint density at radius 2 is 0.886 bits per heavy atom. The Bertz CT molecular complexity index is 1570. The van der Waals surface area contributed by atoms with Crippen molar-refractivity contribution in [3.8, 4) is 35.2 Å². The molecular weight excluding hydrogens is 540 g/mol. The quantitative estimate of drug-likeness (QED) is 0.162. The highest BCUT2D eigenvalue weighted by Gasteiger charge is 2.62. The van der Waals surface area contributed by atoms with Crippen molar-refractivity contribution in [2.75, 3.05) is 11.5 Å². The molecule has 8 aliphatic carbocycles. The minimum absolute atomic E-state index is 0.0319. The molecule has 2 aromatic rings. The number of anilines is 2. The summed E-state index contributed by atoms with van der Waals surface area (Å²) in [5, 5.41) is 22.5. The summed E-state index contributed by atoms with van der Waals surface area (Å²) >= 11 is 0. The van der Waals surface area contributed by atoms with Gasteiger partial charge in [-0.25, -0.2) is 0 Å². The summed E-state index contributed by atoms with van der Waals surface area (Å²) in [5.41, 5.74) is 18.5. The monoisotopic (exact) mass is 588 g/mol. The van der Waals surface area contributed by atoms with Gasteiger partial charge in [0.25, 0.3) is 0 Å². The molecule has 4 heteroatoms. The topological polar surface area (TPSA) is 92.5 Å². The molecular formula is C40H48N2O2. The second-order valence-electron chi connectivity index (χ2n) is 18.2. The van der Waals surface area contributed by atoms with Crippen molar-refractivity contribution in [3.63, 3.8) is 0 Å². The molecule has 10 rings (SSSR count). The second-order valence-corrected chi connectivity index (χ2v) is 18.2. The molecule has 0 saturated heterocycles. The third-order valence-corrected chi connectivity index (χ3v) is 13.2. The van der Waals surface area contributed by atoms with Crippen molar-refractivity contribution in [1.29, 1.82) is 0 Å². The number of phenolic OH excluding ortho intramolecular Hbond substituents is 2. The predicted molar refractivity (Wildman–Crippen MR) is 177 cm³/mol. The first-order chi connectivity index (χ1) is 20.6. The molecule has 0 spiro atoms. The number of phenols is 2. The van der Waals surface area contributed by atoms with Crippen molar-refractivity contribution < 1.29 is 10.2 Å². The van der Waals surface area contributed by atoms with Gasteiger partial charge in [-0.2, -0.15) is 0 Å². The lowest BCUT2D eigenvalue weighted by Gasteiger charge is -2.65. The fraction of sp³-hybridized carbons (Fsp3) is 0.600. The second kappa shape index (κ2) is 8.72. The Morgan fingerprint density at radius 1 is 0.545 bits per heavy atom. The molecule has 2 aromatic carbocycles. The minimum atomic E-state index is -0.0319. The first-order valence-electron chi connectivity index (χ1n) is 16.9. The van der Waals surface area contributed by atoms with Crippen molar-refractivity contribution in [3.05, 3.63) is 46.5 Å². The van der Waals surface area contributed by atoms with E-state index in [-0.39, 0.29) is 22.3 Å². The number of nitrogens with two attached hydrogens (primary N) is 2. The number of benzene rings is 2. The molecule has 4 unspecified atom stereocenters. The average Bonchev–Trinajstić information content (AvgIpc) is 2.86. The molecule has 0 aromatic heterocycles. The summed E-state index contributed by atoms with van der Waals surface area (Å²) in [5.74, 6) is 14.5. The molecule has 44 heavy (non-hydrogen) atoms. The van der Waals surface area contributed by atoms with Crippen LogP contribution in [0.4, 0.5) is 11.4 Å². The van der Waals surface area contributed by atoms with Gasteiger partial charge in [0.15, 0.2) is 0 Å².